The first-order valence-electron chi connectivity index (χ1n) is 5.93. The monoisotopic (exact) mass is 272 g/mol. The summed E-state index contributed by atoms with van der Waals surface area (Å²) in [5.74, 6) is -3.29. The molecule has 0 saturated carbocycles. The first-order chi connectivity index (χ1) is 8.78. The van der Waals surface area contributed by atoms with E-state index in [-0.39, 0.29) is 12.1 Å². The molecule has 1 atom stereocenters. The third-order valence-electron chi connectivity index (χ3n) is 3.07. The largest absolute Gasteiger partial charge is 0.364 e. The molecule has 1 saturated heterocycles. The Kier molecular flexibility index (Phi) is 3.44. The molecule has 1 radical (unpaired) electrons. The zero-order valence-corrected chi connectivity index (χ0v) is 10.6. The molecule has 0 bridgehead atoms. The Morgan fingerprint density at radius 2 is 2.26 bits per heavy atom. The summed E-state index contributed by atoms with van der Waals surface area (Å²) < 4.78 is 28.7. The highest BCUT2D eigenvalue weighted by Gasteiger charge is 2.37. The lowest BCUT2D eigenvalue weighted by molar-refractivity contribution is -0.000556. The highest BCUT2D eigenvalue weighted by molar-refractivity contribution is 5.91. The summed E-state index contributed by atoms with van der Waals surface area (Å²) in [5, 5.41) is 3.85. The third kappa shape index (κ3) is 3.01. The Bertz CT molecular complexity index is 487. The van der Waals surface area contributed by atoms with Crippen LogP contribution in [0, 0.1) is 6.07 Å². The molecular weight excluding hydrogens is 256 g/mol. The summed E-state index contributed by atoms with van der Waals surface area (Å²) in [6.07, 6.45) is 0.102. The normalized spacial score (nSPS) is 23.2. The van der Waals surface area contributed by atoms with Gasteiger partial charge in [-0.25, -0.2) is 8.78 Å². The number of rotatable bonds is 2. The van der Waals surface area contributed by atoms with E-state index in [1.165, 1.54) is 9.58 Å². The van der Waals surface area contributed by atoms with E-state index in [1.54, 1.807) is 7.05 Å². The van der Waals surface area contributed by atoms with Gasteiger partial charge in [0.15, 0.2) is 5.69 Å². The zero-order valence-electron chi connectivity index (χ0n) is 10.6. The number of alkyl halides is 2. The van der Waals surface area contributed by atoms with Crippen molar-refractivity contribution in [2.45, 2.75) is 24.8 Å². The van der Waals surface area contributed by atoms with Crippen LogP contribution in [-0.2, 0) is 7.05 Å². The number of hydrogen-bond donors (Lipinski definition) is 2. The van der Waals surface area contributed by atoms with Crippen molar-refractivity contribution in [1.29, 1.82) is 0 Å². The van der Waals surface area contributed by atoms with Crippen molar-refractivity contribution in [3.63, 3.8) is 0 Å². The number of carbonyl (C=O) groups is 1. The standard InChI is InChI=1S/C11H16F2N5O/c1-17-9(4-8(16-17)10(15)19)18-3-2-7(14)5-11(12,13)6-18/h7H,2-3,5-6,14H2,1H3,(H2,15,19). The summed E-state index contributed by atoms with van der Waals surface area (Å²) in [6.45, 7) is -0.0973. The van der Waals surface area contributed by atoms with Crippen LogP contribution in [0.5, 0.6) is 0 Å². The molecule has 2 heterocycles. The number of aromatic nitrogens is 2. The molecule has 105 valence electrons. The molecule has 0 aromatic carbocycles. The van der Waals surface area contributed by atoms with Gasteiger partial charge in [-0.2, -0.15) is 5.10 Å². The summed E-state index contributed by atoms with van der Waals surface area (Å²) in [7, 11) is 1.56. The second-order valence-electron chi connectivity index (χ2n) is 4.82. The molecule has 1 aliphatic rings. The number of hydrogen-bond acceptors (Lipinski definition) is 4. The predicted octanol–water partition coefficient (Wildman–Crippen LogP) is -0.118. The minimum absolute atomic E-state index is 0.0608. The highest BCUT2D eigenvalue weighted by atomic mass is 19.3. The van der Waals surface area contributed by atoms with Crippen LogP contribution in [0.15, 0.2) is 0 Å². The second-order valence-corrected chi connectivity index (χ2v) is 4.82. The number of carbonyl (C=O) groups excluding carboxylic acids is 1. The Morgan fingerprint density at radius 3 is 2.84 bits per heavy atom. The van der Waals surface area contributed by atoms with Gasteiger partial charge in [0.05, 0.1) is 12.6 Å². The molecule has 6 nitrogen and oxygen atoms in total. The molecule has 2 rings (SSSR count). The molecule has 1 unspecified atom stereocenters. The molecule has 4 N–H and O–H groups in total. The van der Waals surface area contributed by atoms with Crippen LogP contribution in [0.1, 0.15) is 23.3 Å². The van der Waals surface area contributed by atoms with Crippen LogP contribution in [0.2, 0.25) is 0 Å². The van der Waals surface area contributed by atoms with Gasteiger partial charge in [-0.15, -0.1) is 0 Å². The summed E-state index contributed by atoms with van der Waals surface area (Å²) in [5.41, 5.74) is 10.7. The molecule has 1 fully saturated rings. The molecular formula is C11H16F2N5O. The van der Waals surface area contributed by atoms with Crippen LogP contribution >= 0.6 is 0 Å². The zero-order chi connectivity index (χ0) is 14.2. The van der Waals surface area contributed by atoms with Crippen LogP contribution in [-0.4, -0.2) is 40.7 Å². The molecule has 19 heavy (non-hydrogen) atoms. The Hall–Kier alpha value is -1.70. The number of aryl methyl sites for hydroxylation is 1. The van der Waals surface area contributed by atoms with E-state index in [0.29, 0.717) is 18.8 Å². The Balaban J connectivity index is 2.27. The van der Waals surface area contributed by atoms with E-state index < -0.39 is 24.4 Å². The lowest BCUT2D eigenvalue weighted by Crippen LogP contribution is -2.37. The summed E-state index contributed by atoms with van der Waals surface area (Å²) >= 11 is 0. The second kappa shape index (κ2) is 4.76. The Morgan fingerprint density at radius 1 is 1.58 bits per heavy atom. The van der Waals surface area contributed by atoms with Gasteiger partial charge in [-0.1, -0.05) is 0 Å². The van der Waals surface area contributed by atoms with Crippen LogP contribution in [0.4, 0.5) is 14.6 Å². The molecule has 8 heteroatoms. The quantitative estimate of drug-likeness (QED) is 0.785. The lowest BCUT2D eigenvalue weighted by Gasteiger charge is -2.25. The number of nitrogens with two attached hydrogens (primary N) is 2. The molecule has 0 spiro atoms. The van der Waals surface area contributed by atoms with Gasteiger partial charge in [-0.3, -0.25) is 9.48 Å². The van der Waals surface area contributed by atoms with Crippen molar-refractivity contribution in [3.8, 4) is 0 Å². The predicted molar refractivity (Wildman–Crippen MR) is 64.9 cm³/mol. The highest BCUT2D eigenvalue weighted by Crippen LogP contribution is 2.28. The van der Waals surface area contributed by atoms with Crippen molar-refractivity contribution in [2.75, 3.05) is 18.0 Å². The lowest BCUT2D eigenvalue weighted by atomic mass is 10.1. The molecule has 1 aliphatic heterocycles. The van der Waals surface area contributed by atoms with Gasteiger partial charge in [0.25, 0.3) is 11.8 Å². The smallest absolute Gasteiger partial charge is 0.269 e. The number of primary amides is 1. The first kappa shape index (κ1) is 13.7. The van der Waals surface area contributed by atoms with E-state index >= 15 is 0 Å². The van der Waals surface area contributed by atoms with Gasteiger partial charge in [0.1, 0.15) is 5.82 Å². The number of anilines is 1. The van der Waals surface area contributed by atoms with Crippen molar-refractivity contribution >= 4 is 11.7 Å². The maximum absolute atomic E-state index is 13.7. The van der Waals surface area contributed by atoms with Gasteiger partial charge < -0.3 is 16.4 Å². The fourth-order valence-electron chi connectivity index (χ4n) is 2.21. The van der Waals surface area contributed by atoms with Crippen molar-refractivity contribution in [1.82, 2.24) is 9.78 Å². The number of halogens is 2. The van der Waals surface area contributed by atoms with E-state index in [2.05, 4.69) is 11.2 Å². The van der Waals surface area contributed by atoms with Crippen LogP contribution in [0.3, 0.4) is 0 Å². The van der Waals surface area contributed by atoms with Crippen molar-refractivity contribution in [3.05, 3.63) is 11.8 Å². The van der Waals surface area contributed by atoms with E-state index in [9.17, 15) is 13.6 Å². The van der Waals surface area contributed by atoms with Crippen LogP contribution < -0.4 is 16.4 Å². The minimum atomic E-state index is -2.87. The van der Waals surface area contributed by atoms with Crippen molar-refractivity contribution < 1.29 is 13.6 Å². The molecule has 1 aromatic heterocycles. The summed E-state index contributed by atoms with van der Waals surface area (Å²) in [4.78, 5) is 12.5. The average molecular weight is 272 g/mol. The fourth-order valence-corrected chi connectivity index (χ4v) is 2.21. The Labute approximate surface area is 109 Å². The van der Waals surface area contributed by atoms with Gasteiger partial charge in [-0.05, 0) is 6.42 Å². The van der Waals surface area contributed by atoms with E-state index in [1.807, 2.05) is 0 Å². The SMILES string of the molecule is Cn1nc(C(N)=O)[c]c1N1CCC(N)CC(F)(F)C1. The van der Waals surface area contributed by atoms with Gasteiger partial charge >= 0.3 is 0 Å². The first-order valence-corrected chi connectivity index (χ1v) is 5.93. The summed E-state index contributed by atoms with van der Waals surface area (Å²) in [6, 6.07) is 2.12. The number of nitrogens with zero attached hydrogens (tertiary/aromatic N) is 3. The molecule has 1 amide bonds. The average Bonchev–Trinajstić information content (AvgIpc) is 2.59. The third-order valence-corrected chi connectivity index (χ3v) is 3.07. The molecule has 1 aromatic rings. The van der Waals surface area contributed by atoms with Gasteiger partial charge in [0.2, 0.25) is 0 Å². The number of amides is 1. The molecule has 0 aliphatic carbocycles. The fraction of sp³-hybridized carbons (Fsp3) is 0.636. The minimum Gasteiger partial charge on any atom is -0.364 e. The maximum atomic E-state index is 13.7. The van der Waals surface area contributed by atoms with E-state index in [4.69, 9.17) is 11.5 Å². The van der Waals surface area contributed by atoms with Gasteiger partial charge in [0, 0.05) is 26.1 Å². The van der Waals surface area contributed by atoms with Crippen LogP contribution in [0.25, 0.3) is 0 Å². The maximum Gasteiger partial charge on any atom is 0.269 e. The van der Waals surface area contributed by atoms with Crippen molar-refractivity contribution in [2.24, 2.45) is 18.5 Å². The van der Waals surface area contributed by atoms with E-state index in [0.717, 1.165) is 0 Å². The topological polar surface area (TPSA) is 90.2 Å².